The summed E-state index contributed by atoms with van der Waals surface area (Å²) >= 11 is 0. The Bertz CT molecular complexity index is 430. The second-order valence-electron chi connectivity index (χ2n) is 5.52. The monoisotopic (exact) mass is 302 g/mol. The van der Waals surface area contributed by atoms with Crippen LogP contribution >= 0.6 is 12.4 Å². The van der Waals surface area contributed by atoms with Gasteiger partial charge in [0, 0.05) is 5.92 Å². The molecular formula is C13H23ClN4O2. The maximum absolute atomic E-state index is 11.7. The molecular weight excluding hydrogens is 280 g/mol. The number of nitrogens with two attached hydrogens (primary N) is 1. The minimum Gasteiger partial charge on any atom is -0.346 e. The average molecular weight is 303 g/mol. The molecule has 0 aromatic carbocycles. The molecule has 1 heterocycles. The number of halogens is 1. The number of amides is 1. The molecule has 1 saturated carbocycles. The Kier molecular flexibility index (Phi) is 6.42. The number of carbonyl (C=O) groups excluding carboxylic acids is 1. The number of hydrogen-bond donors (Lipinski definition) is 2. The Morgan fingerprint density at radius 2 is 2.10 bits per heavy atom. The summed E-state index contributed by atoms with van der Waals surface area (Å²) in [4.78, 5) is 16.0. The van der Waals surface area contributed by atoms with E-state index in [1.807, 2.05) is 13.8 Å². The van der Waals surface area contributed by atoms with Crippen molar-refractivity contribution in [2.45, 2.75) is 58.0 Å². The summed E-state index contributed by atoms with van der Waals surface area (Å²) in [5.74, 6) is 1.57. The predicted octanol–water partition coefficient (Wildman–Crippen LogP) is 1.75. The molecule has 0 bridgehead atoms. The minimum absolute atomic E-state index is 0. The lowest BCUT2D eigenvalue weighted by atomic mass is 10.1. The number of rotatable bonds is 5. The van der Waals surface area contributed by atoms with Crippen molar-refractivity contribution in [1.29, 1.82) is 0 Å². The van der Waals surface area contributed by atoms with Gasteiger partial charge in [-0.3, -0.25) is 4.79 Å². The van der Waals surface area contributed by atoms with Gasteiger partial charge in [0.05, 0.1) is 12.6 Å². The first kappa shape index (κ1) is 16.9. The van der Waals surface area contributed by atoms with Crippen LogP contribution in [0.15, 0.2) is 4.52 Å². The Morgan fingerprint density at radius 3 is 2.70 bits per heavy atom. The van der Waals surface area contributed by atoms with E-state index >= 15 is 0 Å². The number of carbonyl (C=O) groups is 1. The molecule has 20 heavy (non-hydrogen) atoms. The van der Waals surface area contributed by atoms with Crippen LogP contribution in [0.2, 0.25) is 0 Å². The molecule has 0 saturated heterocycles. The summed E-state index contributed by atoms with van der Waals surface area (Å²) in [7, 11) is 0. The smallest absolute Gasteiger partial charge is 0.246 e. The Hall–Kier alpha value is -1.14. The minimum atomic E-state index is -0.503. The van der Waals surface area contributed by atoms with Gasteiger partial charge < -0.3 is 15.6 Å². The Morgan fingerprint density at radius 1 is 1.45 bits per heavy atom. The van der Waals surface area contributed by atoms with Crippen molar-refractivity contribution >= 4 is 18.3 Å². The van der Waals surface area contributed by atoms with Crippen LogP contribution in [0.4, 0.5) is 0 Å². The molecule has 114 valence electrons. The fourth-order valence-corrected chi connectivity index (χ4v) is 2.27. The van der Waals surface area contributed by atoms with E-state index in [1.165, 1.54) is 12.8 Å². The van der Waals surface area contributed by atoms with Crippen LogP contribution in [0.25, 0.3) is 0 Å². The standard InChI is InChI=1S/C13H22N4O2.ClH/c1-8(2)11(14)13(18)15-7-10-16-12(17-19-10)9-5-3-4-6-9;/h8-9,11H,3-7,14H2,1-2H3,(H,15,18);1H/t11-;/m0./s1. The van der Waals surface area contributed by atoms with E-state index in [0.29, 0.717) is 11.8 Å². The number of hydrogen-bond acceptors (Lipinski definition) is 5. The van der Waals surface area contributed by atoms with E-state index in [1.54, 1.807) is 0 Å². The highest BCUT2D eigenvalue weighted by molar-refractivity contribution is 5.85. The maximum Gasteiger partial charge on any atom is 0.246 e. The fraction of sp³-hybridized carbons (Fsp3) is 0.769. The maximum atomic E-state index is 11.7. The molecule has 3 N–H and O–H groups in total. The summed E-state index contributed by atoms with van der Waals surface area (Å²) < 4.78 is 5.15. The van der Waals surface area contributed by atoms with Gasteiger partial charge in [0.2, 0.25) is 11.8 Å². The Balaban J connectivity index is 0.00000200. The average Bonchev–Trinajstić information content (AvgIpc) is 3.04. The van der Waals surface area contributed by atoms with Crippen LogP contribution in [-0.2, 0) is 11.3 Å². The fourth-order valence-electron chi connectivity index (χ4n) is 2.27. The van der Waals surface area contributed by atoms with Crippen molar-refractivity contribution in [3.63, 3.8) is 0 Å². The van der Waals surface area contributed by atoms with Crippen molar-refractivity contribution < 1.29 is 9.32 Å². The zero-order valence-corrected chi connectivity index (χ0v) is 12.8. The largest absolute Gasteiger partial charge is 0.346 e. The topological polar surface area (TPSA) is 94.0 Å². The van der Waals surface area contributed by atoms with E-state index in [9.17, 15) is 4.79 Å². The van der Waals surface area contributed by atoms with Crippen molar-refractivity contribution in [3.8, 4) is 0 Å². The van der Waals surface area contributed by atoms with Crippen LogP contribution in [0.5, 0.6) is 0 Å². The number of nitrogens with zero attached hydrogens (tertiary/aromatic N) is 2. The van der Waals surface area contributed by atoms with Gasteiger partial charge in [0.1, 0.15) is 0 Å². The SMILES string of the molecule is CC(C)[C@H](N)C(=O)NCc1nc(C2CCCC2)no1.Cl. The third kappa shape index (κ3) is 4.18. The summed E-state index contributed by atoms with van der Waals surface area (Å²) in [6, 6.07) is -0.503. The molecule has 0 unspecified atom stereocenters. The van der Waals surface area contributed by atoms with E-state index in [-0.39, 0.29) is 30.8 Å². The van der Waals surface area contributed by atoms with Gasteiger partial charge in [-0.25, -0.2) is 0 Å². The van der Waals surface area contributed by atoms with E-state index in [4.69, 9.17) is 10.3 Å². The second-order valence-corrected chi connectivity index (χ2v) is 5.52. The highest BCUT2D eigenvalue weighted by Crippen LogP contribution is 2.32. The van der Waals surface area contributed by atoms with Gasteiger partial charge in [-0.1, -0.05) is 31.8 Å². The molecule has 0 aliphatic heterocycles. The van der Waals surface area contributed by atoms with Gasteiger partial charge in [0.25, 0.3) is 0 Å². The van der Waals surface area contributed by atoms with Crippen molar-refractivity contribution in [2.24, 2.45) is 11.7 Å². The van der Waals surface area contributed by atoms with Gasteiger partial charge in [0.15, 0.2) is 5.82 Å². The summed E-state index contributed by atoms with van der Waals surface area (Å²) in [6.07, 6.45) is 4.72. The Labute approximate surface area is 125 Å². The highest BCUT2D eigenvalue weighted by atomic mass is 35.5. The third-order valence-electron chi connectivity index (χ3n) is 3.64. The second kappa shape index (κ2) is 7.59. The summed E-state index contributed by atoms with van der Waals surface area (Å²) in [5.41, 5.74) is 5.75. The molecule has 0 radical (unpaired) electrons. The molecule has 1 atom stereocenters. The first-order chi connectivity index (χ1) is 9.08. The van der Waals surface area contributed by atoms with Crippen molar-refractivity contribution in [3.05, 3.63) is 11.7 Å². The van der Waals surface area contributed by atoms with Crippen LogP contribution < -0.4 is 11.1 Å². The lowest BCUT2D eigenvalue weighted by molar-refractivity contribution is -0.123. The van der Waals surface area contributed by atoms with Gasteiger partial charge in [-0.05, 0) is 18.8 Å². The normalized spacial score (nSPS) is 17.0. The molecule has 0 spiro atoms. The van der Waals surface area contributed by atoms with Crippen LogP contribution in [0, 0.1) is 5.92 Å². The van der Waals surface area contributed by atoms with Crippen LogP contribution in [0.3, 0.4) is 0 Å². The van der Waals surface area contributed by atoms with Crippen LogP contribution in [-0.4, -0.2) is 22.1 Å². The third-order valence-corrected chi connectivity index (χ3v) is 3.64. The summed E-state index contributed by atoms with van der Waals surface area (Å²) in [6.45, 7) is 4.07. The van der Waals surface area contributed by atoms with E-state index < -0.39 is 6.04 Å². The lowest BCUT2D eigenvalue weighted by Gasteiger charge is -2.14. The van der Waals surface area contributed by atoms with E-state index in [2.05, 4.69) is 15.5 Å². The zero-order chi connectivity index (χ0) is 13.8. The number of aromatic nitrogens is 2. The molecule has 1 aromatic rings. The predicted molar refractivity (Wildman–Crippen MR) is 77.4 cm³/mol. The number of nitrogens with one attached hydrogen (secondary N) is 1. The quantitative estimate of drug-likeness (QED) is 0.864. The molecule has 1 fully saturated rings. The molecule has 7 heteroatoms. The first-order valence-corrected chi connectivity index (χ1v) is 6.93. The van der Waals surface area contributed by atoms with Gasteiger partial charge >= 0.3 is 0 Å². The molecule has 2 rings (SSSR count). The summed E-state index contributed by atoms with van der Waals surface area (Å²) in [5, 5.41) is 6.71. The molecule has 1 aliphatic rings. The first-order valence-electron chi connectivity index (χ1n) is 6.93. The zero-order valence-electron chi connectivity index (χ0n) is 12.0. The van der Waals surface area contributed by atoms with E-state index in [0.717, 1.165) is 18.7 Å². The van der Waals surface area contributed by atoms with Gasteiger partial charge in [-0.15, -0.1) is 12.4 Å². The lowest BCUT2D eigenvalue weighted by Crippen LogP contribution is -2.43. The molecule has 1 amide bonds. The molecule has 1 aliphatic carbocycles. The van der Waals surface area contributed by atoms with Crippen molar-refractivity contribution in [2.75, 3.05) is 0 Å². The molecule has 6 nitrogen and oxygen atoms in total. The van der Waals surface area contributed by atoms with Gasteiger partial charge in [-0.2, -0.15) is 4.98 Å². The van der Waals surface area contributed by atoms with Crippen molar-refractivity contribution in [1.82, 2.24) is 15.5 Å². The van der Waals surface area contributed by atoms with Crippen LogP contribution in [0.1, 0.15) is 57.2 Å². The molecule has 1 aromatic heterocycles. The highest BCUT2D eigenvalue weighted by Gasteiger charge is 2.23.